The van der Waals surface area contributed by atoms with Gasteiger partial charge in [0.05, 0.1) is 38.9 Å². The highest BCUT2D eigenvalue weighted by Gasteiger charge is 2.43. The molecule has 278 valence electrons. The number of pyridine rings is 1. The zero-order chi connectivity index (χ0) is 38.0. The van der Waals surface area contributed by atoms with E-state index in [1.807, 2.05) is 55.4 Å². The summed E-state index contributed by atoms with van der Waals surface area (Å²) in [7, 11) is -12.6. The van der Waals surface area contributed by atoms with Crippen LogP contribution >= 0.6 is 23.2 Å². The summed E-state index contributed by atoms with van der Waals surface area (Å²) in [6.45, 7) is 8.72. The van der Waals surface area contributed by atoms with Gasteiger partial charge in [0.15, 0.2) is 5.71 Å². The van der Waals surface area contributed by atoms with Crippen molar-refractivity contribution in [1.29, 1.82) is 0 Å². The molecule has 1 aromatic carbocycles. The van der Waals surface area contributed by atoms with Crippen LogP contribution in [0.25, 0.3) is 0 Å². The molecular weight excluding hydrogens is 761 g/mol. The molecule has 0 bridgehead atoms. The molecule has 2 aliphatic rings. The van der Waals surface area contributed by atoms with E-state index in [9.17, 15) is 29.8 Å². The summed E-state index contributed by atoms with van der Waals surface area (Å²) in [5.41, 5.74) is 2.66. The summed E-state index contributed by atoms with van der Waals surface area (Å²) >= 11 is 13.0. The van der Waals surface area contributed by atoms with E-state index in [2.05, 4.69) is 0 Å². The predicted octanol–water partition coefficient (Wildman–Crippen LogP) is 6.49. The fourth-order valence-electron chi connectivity index (χ4n) is 6.19. The number of benzene rings is 1. The van der Waals surface area contributed by atoms with E-state index in [4.69, 9.17) is 37.3 Å². The highest BCUT2D eigenvalue weighted by molar-refractivity contribution is 7.86. The Kier molecular flexibility index (Phi) is 12.5. The average Bonchev–Trinajstić information content (AvgIpc) is 3.37. The standard InChI is InChI=1S/C34H41Cl2N3O9S3/c1-33(2)28-21-25(36)23-38(17-5-7-19-49(40,41)42)32(28)37-30(33)13-9-11-24(35)12-10-14-31-34(3,4)27-22-26(51(46,47)48)15-16-29(27)39(31)18-6-8-20-50(43,44)45/h9-16,21-23H,5-8,17-20H2,1-4H3,(H2-,40,41,42,43,44,45,46,47,48)/p+1. The maximum Gasteiger partial charge on any atom is 0.327 e. The van der Waals surface area contributed by atoms with Gasteiger partial charge in [0.25, 0.3) is 30.4 Å². The Bertz CT molecular complexity index is 2170. The Morgan fingerprint density at radius 2 is 1.53 bits per heavy atom. The maximum absolute atomic E-state index is 11.9. The number of hydrogen-bond donors (Lipinski definition) is 3. The lowest BCUT2D eigenvalue weighted by molar-refractivity contribution is -0.684. The Hall–Kier alpha value is -2.89. The molecule has 17 heteroatoms. The number of allylic oxidation sites excluding steroid dienone is 8. The molecule has 0 unspecified atom stereocenters. The first-order valence-corrected chi connectivity index (χ1v) is 21.5. The summed E-state index contributed by atoms with van der Waals surface area (Å²) < 4.78 is 98.2. The maximum atomic E-state index is 11.9. The SMILES string of the molecule is CC1(C)C(/C=C/C=C(Cl)/C=C/C=C2\N(CCCCS(=O)(=O)O)c3ccc(S(=O)(=O)O)cc3C2(C)C)=Nc2c1cc(Cl)c[n+]2CCCCS(=O)(=O)O. The van der Waals surface area contributed by atoms with Gasteiger partial charge < -0.3 is 4.90 Å². The van der Waals surface area contributed by atoms with Gasteiger partial charge in [0.1, 0.15) is 6.20 Å². The van der Waals surface area contributed by atoms with Crippen LogP contribution < -0.4 is 9.47 Å². The second-order valence-corrected chi connectivity index (χ2v) is 18.9. The van der Waals surface area contributed by atoms with Gasteiger partial charge in [-0.05, 0) is 98.7 Å². The number of aryl methyl sites for hydroxylation is 1. The van der Waals surface area contributed by atoms with Crippen LogP contribution in [-0.2, 0) is 47.7 Å². The molecule has 12 nitrogen and oxygen atoms in total. The summed E-state index contributed by atoms with van der Waals surface area (Å²) in [5.74, 6) is 0.0113. The first-order chi connectivity index (χ1) is 23.5. The van der Waals surface area contributed by atoms with Crippen LogP contribution in [0.3, 0.4) is 0 Å². The summed E-state index contributed by atoms with van der Waals surface area (Å²) in [6.07, 6.45) is 13.8. The van der Waals surface area contributed by atoms with Crippen molar-refractivity contribution >= 4 is 70.8 Å². The molecule has 0 atom stereocenters. The number of aromatic nitrogens is 1. The van der Waals surface area contributed by atoms with Crippen molar-refractivity contribution in [1.82, 2.24) is 0 Å². The van der Waals surface area contributed by atoms with Gasteiger partial charge in [-0.25, -0.2) is 4.57 Å². The van der Waals surface area contributed by atoms with Crippen LogP contribution in [0.1, 0.15) is 64.5 Å². The summed E-state index contributed by atoms with van der Waals surface area (Å²) in [5, 5.41) is 0.916. The van der Waals surface area contributed by atoms with Crippen LogP contribution in [0.5, 0.6) is 0 Å². The molecule has 2 aromatic rings. The molecule has 0 aliphatic carbocycles. The van der Waals surface area contributed by atoms with Crippen molar-refractivity contribution in [3.8, 4) is 0 Å². The van der Waals surface area contributed by atoms with Gasteiger partial charge in [-0.2, -0.15) is 25.3 Å². The number of hydrogen-bond acceptors (Lipinski definition) is 8. The fourth-order valence-corrected chi connectivity index (χ4v) is 8.21. The topological polar surface area (TPSA) is 183 Å². The van der Waals surface area contributed by atoms with Gasteiger partial charge in [-0.15, -0.1) is 0 Å². The van der Waals surface area contributed by atoms with E-state index in [0.717, 1.165) is 17.0 Å². The Morgan fingerprint density at radius 1 is 0.882 bits per heavy atom. The molecule has 1 aromatic heterocycles. The number of rotatable bonds is 15. The molecule has 0 spiro atoms. The van der Waals surface area contributed by atoms with Crippen LogP contribution in [0.4, 0.5) is 11.5 Å². The average molecular weight is 804 g/mol. The van der Waals surface area contributed by atoms with E-state index in [-0.39, 0.29) is 29.2 Å². The minimum atomic E-state index is -4.45. The van der Waals surface area contributed by atoms with Crippen LogP contribution in [-0.4, -0.2) is 62.7 Å². The third-order valence-electron chi connectivity index (χ3n) is 8.88. The van der Waals surface area contributed by atoms with Crippen molar-refractivity contribution in [3.05, 3.63) is 93.8 Å². The third-order valence-corrected chi connectivity index (χ3v) is 11.8. The third kappa shape index (κ3) is 10.4. The second kappa shape index (κ2) is 15.6. The molecule has 0 radical (unpaired) electrons. The predicted molar refractivity (Wildman–Crippen MR) is 200 cm³/mol. The van der Waals surface area contributed by atoms with E-state index in [0.29, 0.717) is 53.1 Å². The molecule has 51 heavy (non-hydrogen) atoms. The number of halogens is 2. The van der Waals surface area contributed by atoms with Gasteiger partial charge >= 0.3 is 5.82 Å². The van der Waals surface area contributed by atoms with Crippen LogP contribution in [0, 0.1) is 0 Å². The highest BCUT2D eigenvalue weighted by atomic mass is 35.5. The van der Waals surface area contributed by atoms with Crippen molar-refractivity contribution in [3.63, 3.8) is 0 Å². The smallest absolute Gasteiger partial charge is 0.327 e. The minimum Gasteiger partial charge on any atom is -0.344 e. The lowest BCUT2D eigenvalue weighted by Gasteiger charge is -2.27. The number of aliphatic imine (C=N–C) groups is 1. The number of nitrogens with zero attached hydrogens (tertiary/aromatic N) is 3. The van der Waals surface area contributed by atoms with Crippen molar-refractivity contribution < 1.29 is 43.5 Å². The number of fused-ring (bicyclic) bond motifs is 2. The van der Waals surface area contributed by atoms with Gasteiger partial charge in [-0.1, -0.05) is 49.2 Å². The van der Waals surface area contributed by atoms with E-state index in [1.54, 1.807) is 36.6 Å². The lowest BCUT2D eigenvalue weighted by atomic mass is 9.82. The molecule has 3 heterocycles. The first-order valence-electron chi connectivity index (χ1n) is 16.1. The number of anilines is 1. The quantitative estimate of drug-likeness (QED) is 0.0779. The monoisotopic (exact) mass is 802 g/mol. The summed E-state index contributed by atoms with van der Waals surface area (Å²) in [4.78, 5) is 6.58. The molecule has 2 aliphatic heterocycles. The van der Waals surface area contributed by atoms with Gasteiger partial charge in [0.2, 0.25) is 0 Å². The zero-order valence-electron chi connectivity index (χ0n) is 28.6. The lowest BCUT2D eigenvalue weighted by Crippen LogP contribution is -2.35. The Labute approximate surface area is 310 Å². The van der Waals surface area contributed by atoms with Crippen LogP contribution in [0.15, 0.2) is 87.5 Å². The van der Waals surface area contributed by atoms with E-state index in [1.165, 1.54) is 12.1 Å². The molecular formula is C34H42Cl2N3O9S3+. The Balaban J connectivity index is 1.55. The number of unbranched alkanes of at least 4 members (excludes halogenated alkanes) is 2. The Morgan fingerprint density at radius 3 is 2.16 bits per heavy atom. The molecule has 3 N–H and O–H groups in total. The van der Waals surface area contributed by atoms with E-state index < -0.39 is 41.2 Å². The van der Waals surface area contributed by atoms with Gasteiger partial charge in [0, 0.05) is 28.4 Å². The second-order valence-electron chi connectivity index (χ2n) is 13.4. The largest absolute Gasteiger partial charge is 0.344 e. The van der Waals surface area contributed by atoms with E-state index >= 15 is 0 Å². The molecule has 4 rings (SSSR count). The summed E-state index contributed by atoms with van der Waals surface area (Å²) in [6, 6.07) is 6.22. The van der Waals surface area contributed by atoms with Crippen molar-refractivity contribution in [2.45, 2.75) is 75.6 Å². The minimum absolute atomic E-state index is 0.218. The van der Waals surface area contributed by atoms with Crippen molar-refractivity contribution in [2.24, 2.45) is 4.99 Å². The molecule has 0 saturated heterocycles. The molecule has 0 saturated carbocycles. The molecule has 0 fully saturated rings. The zero-order valence-corrected chi connectivity index (χ0v) is 32.6. The van der Waals surface area contributed by atoms with Crippen LogP contribution in [0.2, 0.25) is 5.02 Å². The van der Waals surface area contributed by atoms with Gasteiger partial charge in [-0.3, -0.25) is 13.7 Å². The highest BCUT2D eigenvalue weighted by Crippen LogP contribution is 2.48. The van der Waals surface area contributed by atoms with Crippen molar-refractivity contribution in [2.75, 3.05) is 23.0 Å². The fraction of sp³-hybridized carbons (Fsp3) is 0.412. The normalized spacial score (nSPS) is 18.2. The molecule has 0 amide bonds. The first kappa shape index (κ1) is 40.9.